The Morgan fingerprint density at radius 3 is 2.39 bits per heavy atom. The zero-order chi connectivity index (χ0) is 22.6. The van der Waals surface area contributed by atoms with Gasteiger partial charge in [0.25, 0.3) is 5.91 Å². The molecule has 0 saturated carbocycles. The molecule has 0 radical (unpaired) electrons. The standard InChI is InChI=1S/C24H32N2O4S/c1-5-30-23-11-8-20(24(27)26-14-12-19(3)13-15-26)16-21(23)17-25(4)31(28,29)22-9-6-18(2)7-10-22/h6-11,16,19H,5,12-15,17H2,1-4H3. The first-order chi connectivity index (χ1) is 14.7. The molecule has 0 bridgehead atoms. The third kappa shape index (κ3) is 5.46. The molecule has 1 amide bonds. The van der Waals surface area contributed by atoms with E-state index >= 15 is 0 Å². The number of carbonyl (C=O) groups is 1. The van der Waals surface area contributed by atoms with Crippen LogP contribution in [-0.4, -0.2) is 50.3 Å². The summed E-state index contributed by atoms with van der Waals surface area (Å²) >= 11 is 0. The van der Waals surface area contributed by atoms with E-state index in [1.165, 1.54) is 4.31 Å². The average molecular weight is 445 g/mol. The van der Waals surface area contributed by atoms with Gasteiger partial charge in [-0.15, -0.1) is 0 Å². The number of rotatable bonds is 7. The lowest BCUT2D eigenvalue weighted by Gasteiger charge is -2.30. The number of hydrogen-bond acceptors (Lipinski definition) is 4. The van der Waals surface area contributed by atoms with Crippen molar-refractivity contribution in [3.05, 3.63) is 59.2 Å². The molecule has 6 nitrogen and oxygen atoms in total. The highest BCUT2D eigenvalue weighted by atomic mass is 32.2. The molecule has 3 rings (SSSR count). The molecule has 0 aliphatic carbocycles. The first-order valence-electron chi connectivity index (χ1n) is 10.8. The first kappa shape index (κ1) is 23.3. The van der Waals surface area contributed by atoms with E-state index in [9.17, 15) is 13.2 Å². The molecule has 2 aromatic carbocycles. The number of hydrogen-bond donors (Lipinski definition) is 0. The predicted molar refractivity (Wildman–Crippen MR) is 122 cm³/mol. The molecule has 0 atom stereocenters. The monoisotopic (exact) mass is 444 g/mol. The fraction of sp³-hybridized carbons (Fsp3) is 0.458. The molecular weight excluding hydrogens is 412 g/mol. The van der Waals surface area contributed by atoms with Crippen LogP contribution in [-0.2, 0) is 16.6 Å². The van der Waals surface area contributed by atoms with Crippen LogP contribution in [0.3, 0.4) is 0 Å². The number of likely N-dealkylation sites (tertiary alicyclic amines) is 1. The largest absolute Gasteiger partial charge is 0.494 e. The quantitative estimate of drug-likeness (QED) is 0.645. The summed E-state index contributed by atoms with van der Waals surface area (Å²) in [5, 5.41) is 0. The Kier molecular flexibility index (Phi) is 7.38. The lowest BCUT2D eigenvalue weighted by atomic mass is 9.98. The van der Waals surface area contributed by atoms with E-state index in [1.54, 1.807) is 49.5 Å². The number of aryl methyl sites for hydroxylation is 1. The van der Waals surface area contributed by atoms with Gasteiger partial charge < -0.3 is 9.64 Å². The maximum Gasteiger partial charge on any atom is 0.253 e. The van der Waals surface area contributed by atoms with Gasteiger partial charge in [-0.1, -0.05) is 24.6 Å². The maximum absolute atomic E-state index is 13.0. The minimum Gasteiger partial charge on any atom is -0.494 e. The highest BCUT2D eigenvalue weighted by Gasteiger charge is 2.25. The van der Waals surface area contributed by atoms with Gasteiger partial charge in [0.05, 0.1) is 11.5 Å². The zero-order valence-electron chi connectivity index (χ0n) is 18.8. The number of carbonyl (C=O) groups excluding carboxylic acids is 1. The van der Waals surface area contributed by atoms with Crippen molar-refractivity contribution >= 4 is 15.9 Å². The lowest BCUT2D eigenvalue weighted by Crippen LogP contribution is -2.38. The summed E-state index contributed by atoms with van der Waals surface area (Å²) in [4.78, 5) is 15.1. The highest BCUT2D eigenvalue weighted by molar-refractivity contribution is 7.89. The van der Waals surface area contributed by atoms with Gasteiger partial charge in [0.2, 0.25) is 10.0 Å². The van der Waals surface area contributed by atoms with Crippen LogP contribution in [0.2, 0.25) is 0 Å². The third-order valence-corrected chi connectivity index (χ3v) is 7.62. The van der Waals surface area contributed by atoms with E-state index in [0.29, 0.717) is 29.4 Å². The molecule has 2 aromatic rings. The third-order valence-electron chi connectivity index (χ3n) is 5.80. The van der Waals surface area contributed by atoms with Crippen molar-refractivity contribution in [2.24, 2.45) is 5.92 Å². The molecule has 31 heavy (non-hydrogen) atoms. The highest BCUT2D eigenvalue weighted by Crippen LogP contribution is 2.26. The molecule has 1 saturated heterocycles. The smallest absolute Gasteiger partial charge is 0.253 e. The summed E-state index contributed by atoms with van der Waals surface area (Å²) in [6, 6.07) is 12.1. The number of benzene rings is 2. The topological polar surface area (TPSA) is 66.9 Å². The molecule has 0 spiro atoms. The SMILES string of the molecule is CCOc1ccc(C(=O)N2CCC(C)CC2)cc1CN(C)S(=O)(=O)c1ccc(C)cc1. The van der Waals surface area contributed by atoms with Gasteiger partial charge in [-0.3, -0.25) is 4.79 Å². The Bertz CT molecular complexity index is 1010. The Balaban J connectivity index is 1.85. The van der Waals surface area contributed by atoms with Crippen molar-refractivity contribution in [2.45, 2.75) is 45.1 Å². The first-order valence-corrected chi connectivity index (χ1v) is 12.2. The van der Waals surface area contributed by atoms with Crippen molar-refractivity contribution in [3.63, 3.8) is 0 Å². The van der Waals surface area contributed by atoms with E-state index in [2.05, 4.69) is 6.92 Å². The Labute approximate surface area is 185 Å². The second kappa shape index (κ2) is 9.83. The normalized spacial score (nSPS) is 15.3. The Morgan fingerprint density at radius 2 is 1.77 bits per heavy atom. The van der Waals surface area contributed by atoms with Gasteiger partial charge in [0, 0.05) is 37.8 Å². The second-order valence-electron chi connectivity index (χ2n) is 8.30. The van der Waals surface area contributed by atoms with Gasteiger partial charge in [-0.25, -0.2) is 8.42 Å². The fourth-order valence-corrected chi connectivity index (χ4v) is 4.89. The minimum absolute atomic E-state index is 0.0137. The number of piperidine rings is 1. The van der Waals surface area contributed by atoms with Crippen LogP contribution in [0.4, 0.5) is 0 Å². The van der Waals surface area contributed by atoms with E-state index in [-0.39, 0.29) is 17.3 Å². The number of ether oxygens (including phenoxy) is 1. The molecule has 1 heterocycles. The number of nitrogens with zero attached hydrogens (tertiary/aromatic N) is 2. The summed E-state index contributed by atoms with van der Waals surface area (Å²) in [6.07, 6.45) is 2.01. The molecule has 1 fully saturated rings. The summed E-state index contributed by atoms with van der Waals surface area (Å²) in [5.74, 6) is 1.22. The van der Waals surface area contributed by atoms with Crippen LogP contribution in [0.25, 0.3) is 0 Å². The van der Waals surface area contributed by atoms with Crippen LogP contribution < -0.4 is 4.74 Å². The molecule has 0 aromatic heterocycles. The van der Waals surface area contributed by atoms with Gasteiger partial charge in [-0.2, -0.15) is 4.31 Å². The van der Waals surface area contributed by atoms with Crippen LogP contribution >= 0.6 is 0 Å². The van der Waals surface area contributed by atoms with Gasteiger partial charge in [-0.05, 0) is 62.9 Å². The van der Waals surface area contributed by atoms with Crippen molar-refractivity contribution < 1.29 is 17.9 Å². The maximum atomic E-state index is 13.0. The molecule has 7 heteroatoms. The molecule has 1 aliphatic rings. The molecule has 0 unspecified atom stereocenters. The van der Waals surface area contributed by atoms with Crippen LogP contribution in [0.15, 0.2) is 47.4 Å². The van der Waals surface area contributed by atoms with Crippen molar-refractivity contribution in [2.75, 3.05) is 26.7 Å². The Morgan fingerprint density at radius 1 is 1.13 bits per heavy atom. The van der Waals surface area contributed by atoms with Crippen molar-refractivity contribution in [1.82, 2.24) is 9.21 Å². The zero-order valence-corrected chi connectivity index (χ0v) is 19.6. The summed E-state index contributed by atoms with van der Waals surface area (Å²) < 4.78 is 33.1. The molecular formula is C24H32N2O4S. The average Bonchev–Trinajstić information content (AvgIpc) is 2.75. The van der Waals surface area contributed by atoms with E-state index in [4.69, 9.17) is 4.74 Å². The van der Waals surface area contributed by atoms with Crippen LogP contribution in [0, 0.1) is 12.8 Å². The van der Waals surface area contributed by atoms with Gasteiger partial charge >= 0.3 is 0 Å². The number of sulfonamides is 1. The fourth-order valence-electron chi connectivity index (χ4n) is 3.74. The van der Waals surface area contributed by atoms with Crippen molar-refractivity contribution in [3.8, 4) is 5.75 Å². The van der Waals surface area contributed by atoms with Crippen molar-refractivity contribution in [1.29, 1.82) is 0 Å². The summed E-state index contributed by atoms with van der Waals surface area (Å²) in [7, 11) is -2.12. The predicted octanol–water partition coefficient (Wildman–Crippen LogP) is 4.09. The molecule has 1 aliphatic heterocycles. The second-order valence-corrected chi connectivity index (χ2v) is 10.3. The molecule has 168 valence electrons. The van der Waals surface area contributed by atoms with E-state index < -0.39 is 10.0 Å². The van der Waals surface area contributed by atoms with Crippen LogP contribution in [0.1, 0.15) is 48.2 Å². The van der Waals surface area contributed by atoms with Gasteiger partial charge in [0.15, 0.2) is 0 Å². The van der Waals surface area contributed by atoms with Gasteiger partial charge in [0.1, 0.15) is 5.75 Å². The van der Waals surface area contributed by atoms with E-state index in [1.807, 2.05) is 18.7 Å². The summed E-state index contributed by atoms with van der Waals surface area (Å²) in [6.45, 7) is 8.09. The van der Waals surface area contributed by atoms with Crippen LogP contribution in [0.5, 0.6) is 5.75 Å². The minimum atomic E-state index is -3.66. The summed E-state index contributed by atoms with van der Waals surface area (Å²) in [5.41, 5.74) is 2.24. The van der Waals surface area contributed by atoms with E-state index in [0.717, 1.165) is 31.5 Å². The molecule has 0 N–H and O–H groups in total. The number of amides is 1. The lowest BCUT2D eigenvalue weighted by molar-refractivity contribution is 0.0697. The Hall–Kier alpha value is -2.38.